The zero-order chi connectivity index (χ0) is 23.3. The number of esters is 1. The van der Waals surface area contributed by atoms with Gasteiger partial charge in [0.2, 0.25) is 5.91 Å². The smallest absolute Gasteiger partial charge is 0.338 e. The number of rotatable bonds is 8. The molecule has 0 spiro atoms. The number of benzene rings is 2. The molecule has 1 aliphatic rings. The molecule has 32 heavy (non-hydrogen) atoms. The minimum atomic E-state index is -0.904. The Hall–Kier alpha value is -3.68. The van der Waals surface area contributed by atoms with Crippen molar-refractivity contribution >= 4 is 35.2 Å². The van der Waals surface area contributed by atoms with Gasteiger partial charge in [0, 0.05) is 12.2 Å². The second-order valence-electron chi connectivity index (χ2n) is 7.91. The molecule has 1 atom stereocenters. The first-order valence-electron chi connectivity index (χ1n) is 10.6. The van der Waals surface area contributed by atoms with E-state index in [1.54, 1.807) is 55.5 Å². The summed E-state index contributed by atoms with van der Waals surface area (Å²) in [5.74, 6) is -1.23. The molecule has 0 aliphatic carbocycles. The van der Waals surface area contributed by atoms with E-state index in [2.05, 4.69) is 5.32 Å². The van der Waals surface area contributed by atoms with Crippen LogP contribution in [0.15, 0.2) is 54.6 Å². The fourth-order valence-corrected chi connectivity index (χ4v) is 3.58. The monoisotopic (exact) mass is 437 g/mol. The van der Waals surface area contributed by atoms with Gasteiger partial charge < -0.3 is 15.0 Å². The molecule has 4 amide bonds. The van der Waals surface area contributed by atoms with Crippen LogP contribution in [0, 0.1) is 5.92 Å². The highest BCUT2D eigenvalue weighted by Crippen LogP contribution is 2.27. The topological polar surface area (TPSA) is 96.0 Å². The summed E-state index contributed by atoms with van der Waals surface area (Å²) in [6, 6.07) is 13.7. The first kappa shape index (κ1) is 23.0. The number of nitrogens with one attached hydrogen (secondary N) is 1. The van der Waals surface area contributed by atoms with Crippen molar-refractivity contribution in [3.05, 3.63) is 60.2 Å². The minimum Gasteiger partial charge on any atom is -0.462 e. The summed E-state index contributed by atoms with van der Waals surface area (Å²) in [6.45, 7) is 6.20. The minimum absolute atomic E-state index is 0.120. The Bertz CT molecular complexity index is 1010. The number of carbonyl (C=O) groups is 4. The fourth-order valence-electron chi connectivity index (χ4n) is 3.58. The van der Waals surface area contributed by atoms with Gasteiger partial charge in [0.1, 0.15) is 6.04 Å². The summed E-state index contributed by atoms with van der Waals surface area (Å²) >= 11 is 0. The summed E-state index contributed by atoms with van der Waals surface area (Å²) in [5.41, 5.74) is 1.20. The number of urea groups is 1. The van der Waals surface area contributed by atoms with E-state index in [-0.39, 0.29) is 18.9 Å². The van der Waals surface area contributed by atoms with Crippen LogP contribution in [-0.2, 0) is 14.3 Å². The summed E-state index contributed by atoms with van der Waals surface area (Å²) in [5, 5.41) is 2.71. The van der Waals surface area contributed by atoms with Gasteiger partial charge in [-0.15, -0.1) is 0 Å². The molecular formula is C24H27N3O5. The van der Waals surface area contributed by atoms with Crippen LogP contribution in [-0.4, -0.2) is 47.9 Å². The van der Waals surface area contributed by atoms with Gasteiger partial charge in [0.05, 0.1) is 24.3 Å². The lowest BCUT2D eigenvalue weighted by molar-refractivity contribution is -0.124. The molecular weight excluding hydrogens is 410 g/mol. The van der Waals surface area contributed by atoms with Gasteiger partial charge in [0.25, 0.3) is 5.91 Å². The van der Waals surface area contributed by atoms with E-state index < -0.39 is 29.9 Å². The lowest BCUT2D eigenvalue weighted by Gasteiger charge is -2.23. The summed E-state index contributed by atoms with van der Waals surface area (Å²) < 4.78 is 4.98. The number of imide groups is 1. The predicted molar refractivity (Wildman–Crippen MR) is 120 cm³/mol. The molecule has 1 aliphatic heterocycles. The molecule has 0 radical (unpaired) electrons. The van der Waals surface area contributed by atoms with E-state index in [4.69, 9.17) is 4.74 Å². The fraction of sp³-hybridized carbons (Fsp3) is 0.333. The first-order chi connectivity index (χ1) is 15.3. The molecule has 1 heterocycles. The molecule has 3 rings (SSSR count). The largest absolute Gasteiger partial charge is 0.462 e. The standard InChI is InChI=1S/C24H27N3O5/c1-4-32-23(30)17-9-8-10-18(13-17)25-21(28)14-20-22(29)27(19-11-6-5-7-12-19)24(31)26(20)15-16(2)3/h5-13,16,20H,4,14-15H2,1-3H3,(H,25,28)/t20-/m1/s1. The molecule has 1 fully saturated rings. The van der Waals surface area contributed by atoms with Gasteiger partial charge >= 0.3 is 12.0 Å². The van der Waals surface area contributed by atoms with Gasteiger partial charge in [-0.3, -0.25) is 9.59 Å². The lowest BCUT2D eigenvalue weighted by atomic mass is 10.1. The Kier molecular flexibility index (Phi) is 7.25. The van der Waals surface area contributed by atoms with E-state index in [9.17, 15) is 19.2 Å². The van der Waals surface area contributed by atoms with Crippen molar-refractivity contribution in [2.45, 2.75) is 33.2 Å². The number of ether oxygens (including phenoxy) is 1. The Morgan fingerprint density at radius 3 is 2.44 bits per heavy atom. The number of para-hydroxylation sites is 1. The lowest BCUT2D eigenvalue weighted by Crippen LogP contribution is -2.40. The number of amides is 4. The van der Waals surface area contributed by atoms with Crippen LogP contribution in [0.5, 0.6) is 0 Å². The zero-order valence-electron chi connectivity index (χ0n) is 18.4. The third-order valence-corrected chi connectivity index (χ3v) is 4.93. The summed E-state index contributed by atoms with van der Waals surface area (Å²) in [6.07, 6.45) is -0.190. The predicted octanol–water partition coefficient (Wildman–Crippen LogP) is 3.69. The molecule has 0 bridgehead atoms. The van der Waals surface area contributed by atoms with Crippen LogP contribution < -0.4 is 10.2 Å². The van der Waals surface area contributed by atoms with Crippen LogP contribution >= 0.6 is 0 Å². The number of carbonyl (C=O) groups excluding carboxylic acids is 4. The van der Waals surface area contributed by atoms with Crippen molar-refractivity contribution < 1.29 is 23.9 Å². The maximum absolute atomic E-state index is 13.1. The van der Waals surface area contributed by atoms with Crippen molar-refractivity contribution in [1.29, 1.82) is 0 Å². The second-order valence-corrected chi connectivity index (χ2v) is 7.91. The molecule has 1 saturated heterocycles. The highest BCUT2D eigenvalue weighted by atomic mass is 16.5. The average molecular weight is 437 g/mol. The maximum atomic E-state index is 13.1. The quantitative estimate of drug-likeness (QED) is 0.502. The highest BCUT2D eigenvalue weighted by molar-refractivity contribution is 6.22. The van der Waals surface area contributed by atoms with Gasteiger partial charge in [-0.1, -0.05) is 38.1 Å². The van der Waals surface area contributed by atoms with E-state index in [1.807, 2.05) is 13.8 Å². The SMILES string of the molecule is CCOC(=O)c1cccc(NC(=O)C[C@@H]2C(=O)N(c3ccccc3)C(=O)N2CC(C)C)c1. The van der Waals surface area contributed by atoms with Crippen molar-refractivity contribution in [3.63, 3.8) is 0 Å². The number of hydrogen-bond acceptors (Lipinski definition) is 5. The average Bonchev–Trinajstić information content (AvgIpc) is 2.98. The van der Waals surface area contributed by atoms with Crippen molar-refractivity contribution in [2.75, 3.05) is 23.4 Å². The number of hydrogen-bond donors (Lipinski definition) is 1. The first-order valence-corrected chi connectivity index (χ1v) is 10.6. The Morgan fingerprint density at radius 1 is 1.06 bits per heavy atom. The Morgan fingerprint density at radius 2 is 1.78 bits per heavy atom. The van der Waals surface area contributed by atoms with Gasteiger partial charge in [0.15, 0.2) is 0 Å². The van der Waals surface area contributed by atoms with E-state index in [0.717, 1.165) is 4.90 Å². The van der Waals surface area contributed by atoms with Crippen molar-refractivity contribution in [1.82, 2.24) is 4.90 Å². The molecule has 0 aromatic heterocycles. The third kappa shape index (κ3) is 5.14. The van der Waals surface area contributed by atoms with Crippen molar-refractivity contribution in [2.24, 2.45) is 5.92 Å². The molecule has 0 unspecified atom stereocenters. The summed E-state index contributed by atoms with van der Waals surface area (Å²) in [7, 11) is 0. The second kappa shape index (κ2) is 10.1. The van der Waals surface area contributed by atoms with Crippen LogP contribution in [0.3, 0.4) is 0 Å². The Labute approximate surface area is 187 Å². The normalized spacial score (nSPS) is 15.9. The Balaban J connectivity index is 1.77. The maximum Gasteiger partial charge on any atom is 0.338 e. The van der Waals surface area contributed by atoms with E-state index in [1.165, 1.54) is 11.0 Å². The van der Waals surface area contributed by atoms with E-state index >= 15 is 0 Å². The number of nitrogens with zero attached hydrogens (tertiary/aromatic N) is 2. The van der Waals surface area contributed by atoms with Gasteiger partial charge in [-0.25, -0.2) is 14.5 Å². The molecule has 0 saturated carbocycles. The zero-order valence-corrected chi connectivity index (χ0v) is 18.4. The van der Waals surface area contributed by atoms with Gasteiger partial charge in [-0.2, -0.15) is 0 Å². The molecule has 8 heteroatoms. The van der Waals surface area contributed by atoms with Gasteiger partial charge in [-0.05, 0) is 43.2 Å². The van der Waals surface area contributed by atoms with Crippen molar-refractivity contribution in [3.8, 4) is 0 Å². The van der Waals surface area contributed by atoms with Crippen LogP contribution in [0.2, 0.25) is 0 Å². The molecule has 8 nitrogen and oxygen atoms in total. The highest BCUT2D eigenvalue weighted by Gasteiger charge is 2.46. The van der Waals surface area contributed by atoms with Crippen LogP contribution in [0.25, 0.3) is 0 Å². The molecule has 168 valence electrons. The number of anilines is 2. The molecule has 2 aromatic carbocycles. The van der Waals surface area contributed by atoms with Crippen LogP contribution in [0.1, 0.15) is 37.6 Å². The summed E-state index contributed by atoms with van der Waals surface area (Å²) in [4.78, 5) is 53.4. The van der Waals surface area contributed by atoms with Crippen LogP contribution in [0.4, 0.5) is 16.2 Å². The molecule has 1 N–H and O–H groups in total. The van der Waals surface area contributed by atoms with E-state index in [0.29, 0.717) is 23.5 Å². The third-order valence-electron chi connectivity index (χ3n) is 4.93. The molecule has 2 aromatic rings.